The van der Waals surface area contributed by atoms with Gasteiger partial charge in [-0.1, -0.05) is 34.6 Å². The highest BCUT2D eigenvalue weighted by Crippen LogP contribution is 2.24. The first-order chi connectivity index (χ1) is 8.34. The number of nitrogens with one attached hydrogen (secondary N) is 1. The van der Waals surface area contributed by atoms with Gasteiger partial charge in [0.05, 0.1) is 12.1 Å². The maximum Gasteiger partial charge on any atom is 0.143 e. The predicted molar refractivity (Wildman–Crippen MR) is 77.2 cm³/mol. The van der Waals surface area contributed by atoms with Crippen molar-refractivity contribution in [2.45, 2.75) is 46.5 Å². The fraction of sp³-hybridized carbons (Fsp3) is 0.714. The maximum atomic E-state index is 12.0. The molecular formula is C14H24N2OS. The summed E-state index contributed by atoms with van der Waals surface area (Å²) in [5.41, 5.74) is 1.14. The number of aromatic nitrogens is 1. The second kappa shape index (κ2) is 6.43. The van der Waals surface area contributed by atoms with Crippen LogP contribution < -0.4 is 5.32 Å². The smallest absolute Gasteiger partial charge is 0.143 e. The van der Waals surface area contributed by atoms with Crippen molar-refractivity contribution < 1.29 is 4.79 Å². The minimum atomic E-state index is 0.0620. The lowest BCUT2D eigenvalue weighted by Crippen LogP contribution is -2.27. The molecule has 1 unspecified atom stereocenters. The van der Waals surface area contributed by atoms with E-state index in [4.69, 9.17) is 0 Å². The summed E-state index contributed by atoms with van der Waals surface area (Å²) >= 11 is 1.59. The van der Waals surface area contributed by atoms with Gasteiger partial charge in [-0.3, -0.25) is 4.79 Å². The first kappa shape index (κ1) is 15.3. The first-order valence-electron chi connectivity index (χ1n) is 6.53. The van der Waals surface area contributed by atoms with Gasteiger partial charge in [-0.25, -0.2) is 4.98 Å². The maximum absolute atomic E-state index is 12.0. The van der Waals surface area contributed by atoms with Crippen molar-refractivity contribution in [3.63, 3.8) is 0 Å². The Kier molecular flexibility index (Phi) is 5.47. The lowest BCUT2D eigenvalue weighted by molar-refractivity contribution is -0.121. The van der Waals surface area contributed by atoms with Gasteiger partial charge < -0.3 is 5.32 Å². The summed E-state index contributed by atoms with van der Waals surface area (Å²) in [5, 5.41) is 6.21. The molecule has 1 atom stereocenters. The number of carbonyl (C=O) groups excluding carboxylic acids is 1. The summed E-state index contributed by atoms with van der Waals surface area (Å²) in [4.78, 5) is 16.6. The van der Waals surface area contributed by atoms with Crippen LogP contribution in [-0.4, -0.2) is 23.9 Å². The molecule has 1 heterocycles. The lowest BCUT2D eigenvalue weighted by atomic mass is 9.93. The number of nitrogens with zero attached hydrogens (tertiary/aromatic N) is 1. The predicted octanol–water partition coefficient (Wildman–Crippen LogP) is 2.80. The normalized spacial score (nSPS) is 13.6. The zero-order valence-corrected chi connectivity index (χ0v) is 12.9. The van der Waals surface area contributed by atoms with Gasteiger partial charge in [-0.05, 0) is 6.54 Å². The summed E-state index contributed by atoms with van der Waals surface area (Å²) < 4.78 is 0. The van der Waals surface area contributed by atoms with Gasteiger partial charge in [0.2, 0.25) is 0 Å². The van der Waals surface area contributed by atoms with Crippen molar-refractivity contribution in [1.29, 1.82) is 0 Å². The molecule has 102 valence electrons. The van der Waals surface area contributed by atoms with Gasteiger partial charge in [0, 0.05) is 23.3 Å². The van der Waals surface area contributed by atoms with E-state index in [0.717, 1.165) is 23.8 Å². The van der Waals surface area contributed by atoms with Gasteiger partial charge >= 0.3 is 0 Å². The molecule has 1 rings (SSSR count). The minimum absolute atomic E-state index is 0.0620. The van der Waals surface area contributed by atoms with Crippen LogP contribution in [0, 0.1) is 5.92 Å². The molecular weight excluding hydrogens is 244 g/mol. The Morgan fingerprint density at radius 1 is 1.50 bits per heavy atom. The number of carbonyl (C=O) groups is 1. The van der Waals surface area contributed by atoms with E-state index in [9.17, 15) is 4.79 Å². The zero-order chi connectivity index (χ0) is 13.8. The van der Waals surface area contributed by atoms with Crippen LogP contribution in [0.4, 0.5) is 0 Å². The molecule has 0 spiro atoms. The Morgan fingerprint density at radius 3 is 2.67 bits per heavy atom. The number of Topliss-reactive ketones (excluding diaryl/α,β-unsaturated/α-hetero) is 1. The molecule has 1 N–H and O–H groups in total. The Labute approximate surface area is 114 Å². The van der Waals surface area contributed by atoms with E-state index in [-0.39, 0.29) is 17.1 Å². The SMILES string of the molecule is CCNCC(C)C(=O)Cc1nc(C(C)(C)C)cs1. The third kappa shape index (κ3) is 4.50. The molecule has 0 aliphatic heterocycles. The van der Waals surface area contributed by atoms with E-state index in [2.05, 4.69) is 36.5 Å². The number of ketones is 1. The Morgan fingerprint density at radius 2 is 2.17 bits per heavy atom. The fourth-order valence-electron chi connectivity index (χ4n) is 1.53. The Balaban J connectivity index is 2.57. The second-order valence-corrected chi connectivity index (χ2v) is 6.67. The van der Waals surface area contributed by atoms with E-state index in [1.54, 1.807) is 11.3 Å². The topological polar surface area (TPSA) is 42.0 Å². The zero-order valence-electron chi connectivity index (χ0n) is 12.0. The molecule has 0 aromatic carbocycles. The van der Waals surface area contributed by atoms with Crippen LogP contribution >= 0.6 is 11.3 Å². The van der Waals surface area contributed by atoms with E-state index < -0.39 is 0 Å². The summed E-state index contributed by atoms with van der Waals surface area (Å²) in [6.07, 6.45) is 0.466. The highest BCUT2D eigenvalue weighted by atomic mass is 32.1. The number of rotatable bonds is 6. The van der Waals surface area contributed by atoms with Crippen LogP contribution in [-0.2, 0) is 16.6 Å². The average molecular weight is 268 g/mol. The van der Waals surface area contributed by atoms with Crippen LogP contribution in [0.15, 0.2) is 5.38 Å². The van der Waals surface area contributed by atoms with Crippen molar-refractivity contribution >= 4 is 17.1 Å². The third-order valence-corrected chi connectivity index (χ3v) is 3.74. The van der Waals surface area contributed by atoms with Crippen LogP contribution in [0.25, 0.3) is 0 Å². The fourth-order valence-corrected chi connectivity index (χ4v) is 2.57. The highest BCUT2D eigenvalue weighted by Gasteiger charge is 2.19. The molecule has 0 bridgehead atoms. The van der Waals surface area contributed by atoms with Gasteiger partial charge in [-0.2, -0.15) is 0 Å². The van der Waals surface area contributed by atoms with Gasteiger partial charge in [0.1, 0.15) is 10.8 Å². The molecule has 0 saturated carbocycles. The Bertz CT molecular complexity index is 393. The van der Waals surface area contributed by atoms with Crippen LogP contribution in [0.3, 0.4) is 0 Å². The van der Waals surface area contributed by atoms with E-state index in [1.807, 2.05) is 13.8 Å². The molecule has 0 amide bonds. The molecule has 0 radical (unpaired) electrons. The molecule has 0 saturated heterocycles. The Hall–Kier alpha value is -0.740. The summed E-state index contributed by atoms with van der Waals surface area (Å²) in [7, 11) is 0. The van der Waals surface area contributed by atoms with Gasteiger partial charge in [-0.15, -0.1) is 11.3 Å². The molecule has 0 aliphatic rings. The van der Waals surface area contributed by atoms with Crippen molar-refractivity contribution in [1.82, 2.24) is 10.3 Å². The molecule has 18 heavy (non-hydrogen) atoms. The number of hydrogen-bond donors (Lipinski definition) is 1. The van der Waals surface area contributed by atoms with E-state index in [0.29, 0.717) is 6.42 Å². The van der Waals surface area contributed by atoms with Crippen LogP contribution in [0.2, 0.25) is 0 Å². The van der Waals surface area contributed by atoms with Crippen molar-refractivity contribution in [3.05, 3.63) is 16.1 Å². The molecule has 4 heteroatoms. The van der Waals surface area contributed by atoms with Crippen LogP contribution in [0.1, 0.15) is 45.3 Å². The second-order valence-electron chi connectivity index (χ2n) is 5.73. The monoisotopic (exact) mass is 268 g/mol. The van der Waals surface area contributed by atoms with Crippen LogP contribution in [0.5, 0.6) is 0 Å². The molecule has 1 aromatic rings. The van der Waals surface area contributed by atoms with Crippen molar-refractivity contribution in [3.8, 4) is 0 Å². The third-order valence-electron chi connectivity index (χ3n) is 2.90. The number of thiazole rings is 1. The van der Waals surface area contributed by atoms with Gasteiger partial charge in [0.15, 0.2) is 0 Å². The lowest BCUT2D eigenvalue weighted by Gasteiger charge is -2.14. The molecule has 3 nitrogen and oxygen atoms in total. The van der Waals surface area contributed by atoms with Crippen molar-refractivity contribution in [2.75, 3.05) is 13.1 Å². The quantitative estimate of drug-likeness (QED) is 0.862. The minimum Gasteiger partial charge on any atom is -0.316 e. The summed E-state index contributed by atoms with van der Waals surface area (Å²) in [6, 6.07) is 0. The molecule has 0 fully saturated rings. The van der Waals surface area contributed by atoms with Crippen molar-refractivity contribution in [2.24, 2.45) is 5.92 Å². The largest absolute Gasteiger partial charge is 0.316 e. The summed E-state index contributed by atoms with van der Waals surface area (Å²) in [6.45, 7) is 12.1. The standard InChI is InChI=1S/C14H24N2OS/c1-6-15-8-10(2)11(17)7-13-16-12(9-18-13)14(3,4)5/h9-10,15H,6-8H2,1-5H3. The molecule has 1 aromatic heterocycles. The average Bonchev–Trinajstić information content (AvgIpc) is 2.73. The van der Waals surface area contributed by atoms with Gasteiger partial charge in [0.25, 0.3) is 0 Å². The number of hydrogen-bond acceptors (Lipinski definition) is 4. The first-order valence-corrected chi connectivity index (χ1v) is 7.41. The van der Waals surface area contributed by atoms with E-state index >= 15 is 0 Å². The molecule has 0 aliphatic carbocycles. The summed E-state index contributed by atoms with van der Waals surface area (Å²) in [5.74, 6) is 0.331. The van der Waals surface area contributed by atoms with E-state index in [1.165, 1.54) is 0 Å². The highest BCUT2D eigenvalue weighted by molar-refractivity contribution is 7.09.